The molecular weight excluding hydrogens is 294 g/mol. The van der Waals surface area contributed by atoms with E-state index in [9.17, 15) is 14.7 Å². The number of rotatable bonds is 3. The predicted octanol–water partition coefficient (Wildman–Crippen LogP) is 3.09. The maximum absolute atomic E-state index is 12.4. The van der Waals surface area contributed by atoms with Crippen molar-refractivity contribution in [1.82, 2.24) is 4.57 Å². The average molecular weight is 309 g/mol. The molecule has 1 heterocycles. The van der Waals surface area contributed by atoms with Gasteiger partial charge in [-0.15, -0.1) is 0 Å². The maximum Gasteiger partial charge on any atom is 0.335 e. The molecule has 5 heteroatoms. The molecule has 0 amide bonds. The van der Waals surface area contributed by atoms with Gasteiger partial charge in [-0.2, -0.15) is 0 Å². The topological polar surface area (TPSA) is 79.5 Å². The molecule has 0 radical (unpaired) electrons. The van der Waals surface area contributed by atoms with Gasteiger partial charge in [-0.05, 0) is 37.3 Å². The zero-order valence-electron chi connectivity index (χ0n) is 12.5. The lowest BCUT2D eigenvalue weighted by molar-refractivity contribution is 0.0697. The van der Waals surface area contributed by atoms with E-state index in [4.69, 9.17) is 5.11 Å². The fraction of sp³-hybridized carbons (Fsp3) is 0.111. The van der Waals surface area contributed by atoms with Crippen LogP contribution in [0, 0.1) is 0 Å². The van der Waals surface area contributed by atoms with Gasteiger partial charge in [0.2, 0.25) is 0 Å². The van der Waals surface area contributed by atoms with Crippen molar-refractivity contribution in [1.29, 1.82) is 0 Å². The van der Waals surface area contributed by atoms with E-state index in [-0.39, 0.29) is 16.7 Å². The molecule has 3 rings (SSSR count). The maximum atomic E-state index is 12.4. The summed E-state index contributed by atoms with van der Waals surface area (Å²) in [7, 11) is 0. The number of nitrogens with zero attached hydrogens (tertiary/aromatic N) is 1. The monoisotopic (exact) mass is 309 g/mol. The Kier molecular flexibility index (Phi) is 3.62. The molecule has 0 aliphatic carbocycles. The molecule has 0 fully saturated rings. The Labute approximate surface area is 132 Å². The van der Waals surface area contributed by atoms with Crippen LogP contribution in [0.2, 0.25) is 0 Å². The van der Waals surface area contributed by atoms with Gasteiger partial charge in [-0.1, -0.05) is 12.1 Å². The first-order chi connectivity index (χ1) is 11.0. The van der Waals surface area contributed by atoms with E-state index in [0.717, 1.165) is 5.56 Å². The number of fused-ring (bicyclic) bond motifs is 1. The molecule has 0 aliphatic heterocycles. The number of carboxylic acid groups (broad SMARTS) is 1. The van der Waals surface area contributed by atoms with Crippen LogP contribution < -0.4 is 5.43 Å². The number of hydrogen-bond acceptors (Lipinski definition) is 3. The number of pyridine rings is 1. The highest BCUT2D eigenvalue weighted by atomic mass is 16.4. The van der Waals surface area contributed by atoms with Crippen LogP contribution in [0.4, 0.5) is 0 Å². The molecular formula is C18H15NO4. The highest BCUT2D eigenvalue weighted by molar-refractivity contribution is 5.94. The van der Waals surface area contributed by atoms with Crippen LogP contribution in [0.3, 0.4) is 0 Å². The Hall–Kier alpha value is -3.08. The van der Waals surface area contributed by atoms with Gasteiger partial charge in [-0.25, -0.2) is 4.79 Å². The molecule has 0 bridgehead atoms. The molecule has 0 unspecified atom stereocenters. The van der Waals surface area contributed by atoms with Crippen molar-refractivity contribution in [3.8, 4) is 17.0 Å². The standard InChI is InChI=1S/C18H15NO4/c1-2-19-15-7-6-12(18(22)23)9-14(15)17(21)10-16(19)11-4-3-5-13(20)8-11/h3-10,20H,2H2,1H3,(H,22,23). The Morgan fingerprint density at radius 2 is 1.91 bits per heavy atom. The molecule has 116 valence electrons. The van der Waals surface area contributed by atoms with Gasteiger partial charge >= 0.3 is 5.97 Å². The molecule has 0 aliphatic rings. The minimum Gasteiger partial charge on any atom is -0.508 e. The van der Waals surface area contributed by atoms with Gasteiger partial charge in [0.05, 0.1) is 16.8 Å². The molecule has 2 aromatic carbocycles. The number of carboxylic acids is 1. The third kappa shape index (κ3) is 2.57. The van der Waals surface area contributed by atoms with E-state index >= 15 is 0 Å². The molecule has 0 spiro atoms. The SMILES string of the molecule is CCn1c(-c2cccc(O)c2)cc(=O)c2cc(C(=O)O)ccc21. The van der Waals surface area contributed by atoms with Crippen LogP contribution in [0.25, 0.3) is 22.2 Å². The van der Waals surface area contributed by atoms with Crippen molar-refractivity contribution in [3.05, 3.63) is 64.3 Å². The molecule has 2 N–H and O–H groups in total. The Balaban J connectivity index is 2.35. The zero-order valence-corrected chi connectivity index (χ0v) is 12.5. The smallest absolute Gasteiger partial charge is 0.335 e. The number of hydrogen-bond donors (Lipinski definition) is 2. The van der Waals surface area contributed by atoms with E-state index in [1.807, 2.05) is 17.6 Å². The molecule has 0 saturated carbocycles. The third-order valence-corrected chi connectivity index (χ3v) is 3.82. The Bertz CT molecular complexity index is 972. The van der Waals surface area contributed by atoms with Crippen LogP contribution in [-0.2, 0) is 6.54 Å². The highest BCUT2D eigenvalue weighted by Crippen LogP contribution is 2.26. The molecule has 0 saturated heterocycles. The number of aromatic hydroxyl groups is 1. The molecule has 0 atom stereocenters. The van der Waals surface area contributed by atoms with Crippen molar-refractivity contribution < 1.29 is 15.0 Å². The summed E-state index contributed by atoms with van der Waals surface area (Å²) in [5.41, 5.74) is 1.92. The molecule has 23 heavy (non-hydrogen) atoms. The number of aryl methyl sites for hydroxylation is 1. The van der Waals surface area contributed by atoms with Crippen LogP contribution >= 0.6 is 0 Å². The van der Waals surface area contributed by atoms with Gasteiger partial charge in [0.25, 0.3) is 0 Å². The van der Waals surface area contributed by atoms with Gasteiger partial charge in [-0.3, -0.25) is 4.79 Å². The lowest BCUT2D eigenvalue weighted by Gasteiger charge is -2.16. The largest absolute Gasteiger partial charge is 0.508 e. The second-order valence-electron chi connectivity index (χ2n) is 5.23. The van der Waals surface area contributed by atoms with E-state index < -0.39 is 5.97 Å². The van der Waals surface area contributed by atoms with E-state index in [1.54, 1.807) is 24.3 Å². The fourth-order valence-electron chi connectivity index (χ4n) is 2.76. The molecule has 1 aromatic heterocycles. The van der Waals surface area contributed by atoms with E-state index in [0.29, 0.717) is 23.1 Å². The quantitative estimate of drug-likeness (QED) is 0.779. The number of phenolic OH excluding ortho intramolecular Hbond substituents is 1. The summed E-state index contributed by atoms with van der Waals surface area (Å²) in [5.74, 6) is -0.940. The number of benzene rings is 2. The van der Waals surface area contributed by atoms with Crippen LogP contribution in [0.5, 0.6) is 5.75 Å². The van der Waals surface area contributed by atoms with Crippen molar-refractivity contribution in [2.75, 3.05) is 0 Å². The second-order valence-corrected chi connectivity index (χ2v) is 5.23. The highest BCUT2D eigenvalue weighted by Gasteiger charge is 2.12. The first-order valence-electron chi connectivity index (χ1n) is 7.21. The van der Waals surface area contributed by atoms with E-state index in [1.165, 1.54) is 18.2 Å². The van der Waals surface area contributed by atoms with Crippen molar-refractivity contribution in [3.63, 3.8) is 0 Å². The number of phenols is 1. The Morgan fingerprint density at radius 1 is 1.13 bits per heavy atom. The number of aromatic carboxylic acids is 1. The van der Waals surface area contributed by atoms with Crippen LogP contribution in [0.15, 0.2) is 53.3 Å². The predicted molar refractivity (Wildman–Crippen MR) is 87.9 cm³/mol. The van der Waals surface area contributed by atoms with Crippen LogP contribution in [0.1, 0.15) is 17.3 Å². The van der Waals surface area contributed by atoms with Crippen molar-refractivity contribution in [2.24, 2.45) is 0 Å². The van der Waals surface area contributed by atoms with Gasteiger partial charge in [0, 0.05) is 23.6 Å². The van der Waals surface area contributed by atoms with Crippen LogP contribution in [-0.4, -0.2) is 20.7 Å². The summed E-state index contributed by atoms with van der Waals surface area (Å²) < 4.78 is 1.93. The fourth-order valence-corrected chi connectivity index (χ4v) is 2.76. The minimum atomic E-state index is -1.06. The summed E-state index contributed by atoms with van der Waals surface area (Å²) in [4.78, 5) is 23.5. The first-order valence-corrected chi connectivity index (χ1v) is 7.21. The van der Waals surface area contributed by atoms with E-state index in [2.05, 4.69) is 0 Å². The van der Waals surface area contributed by atoms with Gasteiger partial charge in [0.1, 0.15) is 5.75 Å². The summed E-state index contributed by atoms with van der Waals surface area (Å²) in [6, 6.07) is 12.7. The second kappa shape index (κ2) is 5.61. The number of carbonyl (C=O) groups is 1. The number of aromatic nitrogens is 1. The Morgan fingerprint density at radius 3 is 2.57 bits per heavy atom. The summed E-state index contributed by atoms with van der Waals surface area (Å²) in [6.45, 7) is 2.55. The summed E-state index contributed by atoms with van der Waals surface area (Å²) in [6.07, 6.45) is 0. The first kappa shape index (κ1) is 14.8. The van der Waals surface area contributed by atoms with Gasteiger partial charge in [0.15, 0.2) is 5.43 Å². The average Bonchev–Trinajstić information content (AvgIpc) is 2.54. The lowest BCUT2D eigenvalue weighted by Crippen LogP contribution is -2.12. The normalized spacial score (nSPS) is 10.8. The van der Waals surface area contributed by atoms with Gasteiger partial charge < -0.3 is 14.8 Å². The van der Waals surface area contributed by atoms with Crippen molar-refractivity contribution >= 4 is 16.9 Å². The molecule has 5 nitrogen and oxygen atoms in total. The third-order valence-electron chi connectivity index (χ3n) is 3.82. The summed E-state index contributed by atoms with van der Waals surface area (Å²) >= 11 is 0. The van der Waals surface area contributed by atoms with Crippen molar-refractivity contribution in [2.45, 2.75) is 13.5 Å². The zero-order chi connectivity index (χ0) is 16.6. The summed E-state index contributed by atoms with van der Waals surface area (Å²) in [5, 5.41) is 19.1. The lowest BCUT2D eigenvalue weighted by atomic mass is 10.1. The minimum absolute atomic E-state index is 0.0855. The molecule has 3 aromatic rings.